The maximum absolute atomic E-state index is 10.3. The van der Waals surface area contributed by atoms with Crippen LogP contribution >= 0.6 is 0 Å². The maximum Gasteiger partial charge on any atom is 0.128 e. The summed E-state index contributed by atoms with van der Waals surface area (Å²) in [5.74, 6) is 0.953. The lowest BCUT2D eigenvalue weighted by atomic mass is 10.0. The van der Waals surface area contributed by atoms with E-state index in [-0.39, 0.29) is 0 Å². The molecule has 3 nitrogen and oxygen atoms in total. The van der Waals surface area contributed by atoms with E-state index in [9.17, 15) is 5.11 Å². The Morgan fingerprint density at radius 3 is 2.21 bits per heavy atom. The highest BCUT2D eigenvalue weighted by Gasteiger charge is 2.11. The molecule has 0 amide bonds. The highest BCUT2D eigenvalue weighted by Crippen LogP contribution is 2.22. The standard InChI is InChI=1S/C16H20N2O/c1-3-18(4-2)15-11-10-14(12-17-15)16(19)13-8-6-5-7-9-13/h5-12,16,19H,3-4H2,1-2H3. The average molecular weight is 256 g/mol. The van der Waals surface area contributed by atoms with Gasteiger partial charge >= 0.3 is 0 Å². The number of anilines is 1. The molecule has 2 aromatic rings. The summed E-state index contributed by atoms with van der Waals surface area (Å²) in [4.78, 5) is 6.61. The van der Waals surface area contributed by atoms with E-state index in [2.05, 4.69) is 23.7 Å². The van der Waals surface area contributed by atoms with Gasteiger partial charge in [0.1, 0.15) is 11.9 Å². The van der Waals surface area contributed by atoms with E-state index in [0.29, 0.717) is 0 Å². The van der Waals surface area contributed by atoms with E-state index < -0.39 is 6.10 Å². The average Bonchev–Trinajstić information content (AvgIpc) is 2.49. The fraction of sp³-hybridized carbons (Fsp3) is 0.312. The Labute approximate surface area is 114 Å². The first-order valence-corrected chi connectivity index (χ1v) is 6.70. The van der Waals surface area contributed by atoms with E-state index in [0.717, 1.165) is 30.0 Å². The summed E-state index contributed by atoms with van der Waals surface area (Å²) in [5, 5.41) is 10.3. The molecule has 1 aromatic heterocycles. The molecule has 1 N–H and O–H groups in total. The quantitative estimate of drug-likeness (QED) is 0.893. The van der Waals surface area contributed by atoms with Crippen molar-refractivity contribution in [2.45, 2.75) is 20.0 Å². The van der Waals surface area contributed by atoms with Gasteiger partial charge in [0, 0.05) is 24.8 Å². The SMILES string of the molecule is CCN(CC)c1ccc(C(O)c2ccccc2)cn1. The molecular weight excluding hydrogens is 236 g/mol. The zero-order valence-corrected chi connectivity index (χ0v) is 11.5. The van der Waals surface area contributed by atoms with Gasteiger partial charge in [-0.2, -0.15) is 0 Å². The number of benzene rings is 1. The first-order chi connectivity index (χ1) is 9.26. The summed E-state index contributed by atoms with van der Waals surface area (Å²) >= 11 is 0. The fourth-order valence-corrected chi connectivity index (χ4v) is 2.12. The Bertz CT molecular complexity index is 492. The number of pyridine rings is 1. The van der Waals surface area contributed by atoms with Crippen LogP contribution in [0, 0.1) is 0 Å². The molecule has 1 unspecified atom stereocenters. The van der Waals surface area contributed by atoms with E-state index in [1.165, 1.54) is 0 Å². The molecule has 100 valence electrons. The van der Waals surface area contributed by atoms with Crippen LogP contribution < -0.4 is 4.90 Å². The number of aliphatic hydroxyl groups excluding tert-OH is 1. The smallest absolute Gasteiger partial charge is 0.128 e. The molecule has 19 heavy (non-hydrogen) atoms. The summed E-state index contributed by atoms with van der Waals surface area (Å²) in [6.45, 7) is 6.09. The molecule has 0 aliphatic carbocycles. The van der Waals surface area contributed by atoms with E-state index in [1.54, 1.807) is 6.20 Å². The second kappa shape index (κ2) is 6.34. The monoisotopic (exact) mass is 256 g/mol. The third-order valence-corrected chi connectivity index (χ3v) is 3.29. The Hall–Kier alpha value is -1.87. The molecule has 0 saturated heterocycles. The van der Waals surface area contributed by atoms with Gasteiger partial charge in [-0.05, 0) is 25.5 Å². The van der Waals surface area contributed by atoms with Crippen LogP contribution in [0.2, 0.25) is 0 Å². The number of hydrogen-bond donors (Lipinski definition) is 1. The molecule has 1 aromatic carbocycles. The van der Waals surface area contributed by atoms with Crippen LogP contribution in [-0.4, -0.2) is 23.2 Å². The lowest BCUT2D eigenvalue weighted by Crippen LogP contribution is -2.22. The van der Waals surface area contributed by atoms with Crippen LogP contribution in [0.3, 0.4) is 0 Å². The summed E-state index contributed by atoms with van der Waals surface area (Å²) in [5.41, 5.74) is 1.71. The largest absolute Gasteiger partial charge is 0.384 e. The van der Waals surface area contributed by atoms with Gasteiger partial charge < -0.3 is 10.0 Å². The van der Waals surface area contributed by atoms with Gasteiger partial charge in [-0.15, -0.1) is 0 Å². The Balaban J connectivity index is 2.19. The van der Waals surface area contributed by atoms with Crippen LogP contribution in [0.25, 0.3) is 0 Å². The molecule has 1 atom stereocenters. The molecule has 0 bridgehead atoms. The van der Waals surface area contributed by atoms with Crippen molar-refractivity contribution in [2.75, 3.05) is 18.0 Å². The molecule has 0 fully saturated rings. The summed E-state index contributed by atoms with van der Waals surface area (Å²) < 4.78 is 0. The number of aliphatic hydroxyl groups is 1. The third kappa shape index (κ3) is 3.12. The minimum Gasteiger partial charge on any atom is -0.384 e. The maximum atomic E-state index is 10.3. The van der Waals surface area contributed by atoms with Crippen molar-refractivity contribution >= 4 is 5.82 Å². The molecule has 2 rings (SSSR count). The first-order valence-electron chi connectivity index (χ1n) is 6.70. The van der Waals surface area contributed by atoms with Crippen LogP contribution in [0.4, 0.5) is 5.82 Å². The Kier molecular flexibility index (Phi) is 4.53. The number of nitrogens with zero attached hydrogens (tertiary/aromatic N) is 2. The lowest BCUT2D eigenvalue weighted by Gasteiger charge is -2.20. The minimum atomic E-state index is -0.612. The normalized spacial score (nSPS) is 12.2. The zero-order chi connectivity index (χ0) is 13.7. The van der Waals surface area contributed by atoms with Crippen molar-refractivity contribution in [1.82, 2.24) is 4.98 Å². The van der Waals surface area contributed by atoms with Crippen molar-refractivity contribution in [3.63, 3.8) is 0 Å². The van der Waals surface area contributed by atoms with Gasteiger partial charge in [-0.1, -0.05) is 36.4 Å². The number of rotatable bonds is 5. The van der Waals surface area contributed by atoms with Gasteiger partial charge in [0.2, 0.25) is 0 Å². The fourth-order valence-electron chi connectivity index (χ4n) is 2.12. The van der Waals surface area contributed by atoms with Crippen molar-refractivity contribution in [3.8, 4) is 0 Å². The van der Waals surface area contributed by atoms with Crippen molar-refractivity contribution in [1.29, 1.82) is 0 Å². The second-order valence-corrected chi connectivity index (χ2v) is 4.44. The van der Waals surface area contributed by atoms with Crippen molar-refractivity contribution in [3.05, 3.63) is 59.8 Å². The highest BCUT2D eigenvalue weighted by atomic mass is 16.3. The molecule has 0 aliphatic heterocycles. The van der Waals surface area contributed by atoms with Crippen molar-refractivity contribution < 1.29 is 5.11 Å². The number of hydrogen-bond acceptors (Lipinski definition) is 3. The van der Waals surface area contributed by atoms with Crippen molar-refractivity contribution in [2.24, 2.45) is 0 Å². The van der Waals surface area contributed by atoms with E-state index in [4.69, 9.17) is 0 Å². The number of aromatic nitrogens is 1. The van der Waals surface area contributed by atoms with Crippen LogP contribution in [-0.2, 0) is 0 Å². The summed E-state index contributed by atoms with van der Waals surface area (Å²) in [6.07, 6.45) is 1.14. The van der Waals surface area contributed by atoms with Crippen LogP contribution in [0.1, 0.15) is 31.1 Å². The van der Waals surface area contributed by atoms with E-state index in [1.807, 2.05) is 42.5 Å². The lowest BCUT2D eigenvalue weighted by molar-refractivity contribution is 0.220. The molecule has 0 radical (unpaired) electrons. The summed E-state index contributed by atoms with van der Waals surface area (Å²) in [6, 6.07) is 13.5. The predicted octanol–water partition coefficient (Wildman–Crippen LogP) is 3.01. The Morgan fingerprint density at radius 2 is 1.68 bits per heavy atom. The van der Waals surface area contributed by atoms with E-state index >= 15 is 0 Å². The van der Waals surface area contributed by atoms with Gasteiger partial charge in [0.15, 0.2) is 0 Å². The molecular formula is C16H20N2O. The third-order valence-electron chi connectivity index (χ3n) is 3.29. The molecule has 0 saturated carbocycles. The highest BCUT2D eigenvalue weighted by molar-refractivity contribution is 5.40. The molecule has 3 heteroatoms. The second-order valence-electron chi connectivity index (χ2n) is 4.44. The topological polar surface area (TPSA) is 36.4 Å². The van der Waals surface area contributed by atoms with Crippen LogP contribution in [0.5, 0.6) is 0 Å². The van der Waals surface area contributed by atoms with Gasteiger partial charge in [0.05, 0.1) is 0 Å². The van der Waals surface area contributed by atoms with Gasteiger partial charge in [-0.3, -0.25) is 0 Å². The molecule has 0 spiro atoms. The zero-order valence-electron chi connectivity index (χ0n) is 11.5. The minimum absolute atomic E-state index is 0.612. The first kappa shape index (κ1) is 13.6. The van der Waals surface area contributed by atoms with Gasteiger partial charge in [0.25, 0.3) is 0 Å². The predicted molar refractivity (Wildman–Crippen MR) is 78.3 cm³/mol. The van der Waals surface area contributed by atoms with Crippen LogP contribution in [0.15, 0.2) is 48.7 Å². The molecule has 0 aliphatic rings. The van der Waals surface area contributed by atoms with Gasteiger partial charge in [-0.25, -0.2) is 4.98 Å². The Morgan fingerprint density at radius 1 is 1.00 bits per heavy atom. The molecule has 1 heterocycles. The summed E-state index contributed by atoms with van der Waals surface area (Å²) in [7, 11) is 0.